The first-order chi connectivity index (χ1) is 7.67. The first kappa shape index (κ1) is 13.7. The Morgan fingerprint density at radius 1 is 1.31 bits per heavy atom. The molecule has 0 atom stereocenters. The highest BCUT2D eigenvalue weighted by Gasteiger charge is 2.05. The number of hydrogen-bond donors (Lipinski definition) is 0. The third-order valence-electron chi connectivity index (χ3n) is 2.67. The van der Waals surface area contributed by atoms with Crippen molar-refractivity contribution < 1.29 is 4.39 Å². The third kappa shape index (κ3) is 4.22. The molecule has 1 rings (SSSR count). The van der Waals surface area contributed by atoms with E-state index in [0.717, 1.165) is 25.2 Å². The molecule has 0 bridgehead atoms. The van der Waals surface area contributed by atoms with Crippen LogP contribution in [0.4, 0.5) is 4.39 Å². The van der Waals surface area contributed by atoms with Crippen molar-refractivity contribution >= 4 is 15.9 Å². The summed E-state index contributed by atoms with van der Waals surface area (Å²) in [5.74, 6) is -0.194. The van der Waals surface area contributed by atoms with Crippen LogP contribution in [0.25, 0.3) is 0 Å². The van der Waals surface area contributed by atoms with Gasteiger partial charge >= 0.3 is 0 Å². The van der Waals surface area contributed by atoms with Gasteiger partial charge in [0.05, 0.1) is 4.47 Å². The minimum atomic E-state index is -0.194. The van der Waals surface area contributed by atoms with Crippen LogP contribution in [0, 0.1) is 5.82 Å². The summed E-state index contributed by atoms with van der Waals surface area (Å²) in [5, 5.41) is 0. The van der Waals surface area contributed by atoms with Gasteiger partial charge in [-0.15, -0.1) is 0 Å². The quantitative estimate of drug-likeness (QED) is 0.758. The molecule has 0 aliphatic carbocycles. The van der Waals surface area contributed by atoms with Crippen molar-refractivity contribution in [3.63, 3.8) is 0 Å². The maximum atomic E-state index is 13.1. The number of hydrogen-bond acceptors (Lipinski definition) is 1. The van der Waals surface area contributed by atoms with Gasteiger partial charge in [0.1, 0.15) is 5.82 Å². The normalized spacial score (nSPS) is 11.1. The fourth-order valence-corrected chi connectivity index (χ4v) is 2.05. The molecule has 1 aromatic rings. The van der Waals surface area contributed by atoms with Crippen molar-refractivity contribution in [1.29, 1.82) is 0 Å². The minimum absolute atomic E-state index is 0.194. The summed E-state index contributed by atoms with van der Waals surface area (Å²) in [7, 11) is 0. The molecule has 0 aromatic heterocycles. The van der Waals surface area contributed by atoms with Gasteiger partial charge in [0.25, 0.3) is 0 Å². The second kappa shape index (κ2) is 7.02. The van der Waals surface area contributed by atoms with Crippen molar-refractivity contribution in [3.8, 4) is 0 Å². The first-order valence-electron chi connectivity index (χ1n) is 5.83. The van der Waals surface area contributed by atoms with Crippen LogP contribution in [0.15, 0.2) is 22.7 Å². The molecule has 0 heterocycles. The van der Waals surface area contributed by atoms with Crippen LogP contribution in [0.5, 0.6) is 0 Å². The standard InChI is InChI=1S/C13H19BrFN/c1-3-5-8-16(4-2)10-11-6-7-13(15)12(14)9-11/h6-7,9H,3-5,8,10H2,1-2H3. The lowest BCUT2D eigenvalue weighted by Gasteiger charge is -2.20. The number of benzene rings is 1. The molecule has 3 heteroatoms. The molecular formula is C13H19BrFN. The van der Waals surface area contributed by atoms with E-state index in [1.807, 2.05) is 12.1 Å². The summed E-state index contributed by atoms with van der Waals surface area (Å²) in [4.78, 5) is 2.38. The van der Waals surface area contributed by atoms with E-state index in [4.69, 9.17) is 0 Å². The molecule has 0 spiro atoms. The maximum Gasteiger partial charge on any atom is 0.137 e. The highest BCUT2D eigenvalue weighted by molar-refractivity contribution is 9.10. The molecule has 0 unspecified atom stereocenters. The van der Waals surface area contributed by atoms with Crippen LogP contribution in [0.3, 0.4) is 0 Å². The monoisotopic (exact) mass is 287 g/mol. The largest absolute Gasteiger partial charge is 0.299 e. The molecule has 0 saturated heterocycles. The number of halogens is 2. The van der Waals surface area contributed by atoms with E-state index >= 15 is 0 Å². The fraction of sp³-hybridized carbons (Fsp3) is 0.538. The topological polar surface area (TPSA) is 3.24 Å². The van der Waals surface area contributed by atoms with Crippen LogP contribution in [-0.4, -0.2) is 18.0 Å². The second-order valence-corrected chi connectivity index (χ2v) is 4.83. The van der Waals surface area contributed by atoms with Crippen LogP contribution >= 0.6 is 15.9 Å². The summed E-state index contributed by atoms with van der Waals surface area (Å²) in [6.45, 7) is 7.41. The number of nitrogens with zero attached hydrogens (tertiary/aromatic N) is 1. The average molecular weight is 288 g/mol. The summed E-state index contributed by atoms with van der Waals surface area (Å²) in [6.07, 6.45) is 2.43. The van der Waals surface area contributed by atoms with Gasteiger partial charge in [0.15, 0.2) is 0 Å². The first-order valence-corrected chi connectivity index (χ1v) is 6.63. The lowest BCUT2D eigenvalue weighted by Crippen LogP contribution is -2.23. The summed E-state index contributed by atoms with van der Waals surface area (Å²) >= 11 is 3.22. The van der Waals surface area contributed by atoms with Gasteiger partial charge < -0.3 is 0 Å². The van der Waals surface area contributed by atoms with Crippen molar-refractivity contribution in [2.24, 2.45) is 0 Å². The Morgan fingerprint density at radius 3 is 2.62 bits per heavy atom. The molecule has 0 saturated carbocycles. The highest BCUT2D eigenvalue weighted by Crippen LogP contribution is 2.18. The van der Waals surface area contributed by atoms with Gasteiger partial charge in [-0.1, -0.05) is 26.3 Å². The molecule has 0 aliphatic heterocycles. The molecule has 16 heavy (non-hydrogen) atoms. The lowest BCUT2D eigenvalue weighted by atomic mass is 10.2. The second-order valence-electron chi connectivity index (χ2n) is 3.97. The van der Waals surface area contributed by atoms with E-state index in [1.165, 1.54) is 18.9 Å². The van der Waals surface area contributed by atoms with Crippen LogP contribution in [0.2, 0.25) is 0 Å². The van der Waals surface area contributed by atoms with Gasteiger partial charge in [0, 0.05) is 6.54 Å². The van der Waals surface area contributed by atoms with Crippen molar-refractivity contribution in [2.45, 2.75) is 33.2 Å². The Hall–Kier alpha value is -0.410. The van der Waals surface area contributed by atoms with Crippen molar-refractivity contribution in [2.75, 3.05) is 13.1 Å². The predicted molar refractivity (Wildman–Crippen MR) is 70.0 cm³/mol. The highest BCUT2D eigenvalue weighted by atomic mass is 79.9. The smallest absolute Gasteiger partial charge is 0.137 e. The fourth-order valence-electron chi connectivity index (χ4n) is 1.63. The van der Waals surface area contributed by atoms with E-state index in [2.05, 4.69) is 34.7 Å². The Bertz CT molecular complexity index is 328. The predicted octanol–water partition coefficient (Wildman–Crippen LogP) is 4.21. The number of unbranched alkanes of at least 4 members (excludes halogenated alkanes) is 1. The van der Waals surface area contributed by atoms with Gasteiger partial charge in [-0.2, -0.15) is 0 Å². The summed E-state index contributed by atoms with van der Waals surface area (Å²) < 4.78 is 13.6. The summed E-state index contributed by atoms with van der Waals surface area (Å²) in [5.41, 5.74) is 1.16. The molecule has 1 nitrogen and oxygen atoms in total. The Labute approximate surface area is 106 Å². The molecule has 0 fully saturated rings. The SMILES string of the molecule is CCCCN(CC)Cc1ccc(F)c(Br)c1. The molecule has 0 radical (unpaired) electrons. The number of rotatable bonds is 6. The maximum absolute atomic E-state index is 13.1. The van der Waals surface area contributed by atoms with Crippen LogP contribution in [-0.2, 0) is 6.54 Å². The van der Waals surface area contributed by atoms with Crippen LogP contribution in [0.1, 0.15) is 32.3 Å². The minimum Gasteiger partial charge on any atom is -0.299 e. The average Bonchev–Trinajstić information content (AvgIpc) is 2.29. The van der Waals surface area contributed by atoms with E-state index in [0.29, 0.717) is 4.47 Å². The lowest BCUT2D eigenvalue weighted by molar-refractivity contribution is 0.275. The molecule has 0 N–H and O–H groups in total. The van der Waals surface area contributed by atoms with E-state index in [9.17, 15) is 4.39 Å². The molecule has 1 aromatic carbocycles. The van der Waals surface area contributed by atoms with Crippen molar-refractivity contribution in [1.82, 2.24) is 4.90 Å². The third-order valence-corrected chi connectivity index (χ3v) is 3.27. The molecule has 0 amide bonds. The molecular weight excluding hydrogens is 269 g/mol. The van der Waals surface area contributed by atoms with Gasteiger partial charge in [-0.25, -0.2) is 4.39 Å². The molecule has 0 aliphatic rings. The van der Waals surface area contributed by atoms with Crippen LogP contribution < -0.4 is 0 Å². The Balaban J connectivity index is 2.59. The summed E-state index contributed by atoms with van der Waals surface area (Å²) in [6, 6.07) is 5.24. The van der Waals surface area contributed by atoms with Gasteiger partial charge in [0.2, 0.25) is 0 Å². The molecule has 90 valence electrons. The van der Waals surface area contributed by atoms with Gasteiger partial charge in [-0.05, 0) is 53.1 Å². The van der Waals surface area contributed by atoms with E-state index in [-0.39, 0.29) is 5.82 Å². The van der Waals surface area contributed by atoms with E-state index in [1.54, 1.807) is 0 Å². The zero-order chi connectivity index (χ0) is 12.0. The van der Waals surface area contributed by atoms with Gasteiger partial charge in [-0.3, -0.25) is 4.90 Å². The Morgan fingerprint density at radius 2 is 2.06 bits per heavy atom. The zero-order valence-electron chi connectivity index (χ0n) is 9.97. The zero-order valence-corrected chi connectivity index (χ0v) is 11.6. The Kier molecular flexibility index (Phi) is 5.99. The van der Waals surface area contributed by atoms with Crippen molar-refractivity contribution in [3.05, 3.63) is 34.1 Å². The van der Waals surface area contributed by atoms with E-state index < -0.39 is 0 Å².